The van der Waals surface area contributed by atoms with Crippen LogP contribution in [0.2, 0.25) is 0 Å². The number of ether oxygens (including phenoxy) is 3. The van der Waals surface area contributed by atoms with Crippen molar-refractivity contribution < 1.29 is 83.2 Å². The standard InChI is InChI=1S/C59H99N9O17/c1-38(71)62-49-45(35-40(36-69)51(79)53(49)81)83-33-14-12-21-41(73)17-8-6-10-19-43(75)25-27-60-56-64-57(66-58(65-56)68-31-29-67(30-32-68)48(78)24-16-23-47(77)59(3,4)5)61-28-26-44(76)20-11-7-9-18-42(74)22-13-15-34-84-55-50(63-39(2)72)54(82)52(80)46(37-70)85-55/h40,45-46,49-55,69-70,79-82H,6-37H2,1-5H3,(H,62,71)(H,63,72)(H2,60,61,64,65,66). The largest absolute Gasteiger partial charge is 0.396 e. The van der Waals surface area contributed by atoms with Gasteiger partial charge in [-0.3, -0.25) is 38.4 Å². The molecule has 0 radical (unpaired) electrons. The SMILES string of the molecule is CC(=O)NC1C(OCCCCC(=O)CCCCCC(=O)CCNc2nc(NCCC(=O)CCCCCC(=O)CCCCOC3OC(CO)C(O)C(O)C3NC(C)=O)nc(N3CCN(C(=O)CCCC(=O)C(C)(C)C)CC3)n2)CC(CO)C(O)C1O. The van der Waals surface area contributed by atoms with E-state index in [1.807, 2.05) is 25.7 Å². The highest BCUT2D eigenvalue weighted by molar-refractivity contribution is 5.84. The van der Waals surface area contributed by atoms with E-state index in [0.29, 0.717) is 148 Å². The molecule has 3 heterocycles. The van der Waals surface area contributed by atoms with Gasteiger partial charge in [-0.2, -0.15) is 15.0 Å². The first kappa shape index (κ1) is 72.3. The van der Waals surface area contributed by atoms with Crippen molar-refractivity contribution in [2.75, 3.05) is 81.2 Å². The molecular weight excluding hydrogens is 1110 g/mol. The highest BCUT2D eigenvalue weighted by Crippen LogP contribution is 2.29. The van der Waals surface area contributed by atoms with Crippen LogP contribution in [-0.2, 0) is 52.6 Å². The number of anilines is 3. The molecule has 1 aliphatic carbocycles. The fourth-order valence-electron chi connectivity index (χ4n) is 10.5. The molecule has 10 atom stereocenters. The molecule has 2 saturated heterocycles. The number of carbonyl (C=O) groups is 8. The molecule has 3 aliphatic rings. The second-order valence-electron chi connectivity index (χ2n) is 23.8. The monoisotopic (exact) mass is 1210 g/mol. The van der Waals surface area contributed by atoms with Crippen LogP contribution in [0.15, 0.2) is 0 Å². The van der Waals surface area contributed by atoms with E-state index in [1.54, 1.807) is 4.90 Å². The number of unbranched alkanes of at least 4 members (excludes halogenated alkanes) is 6. The van der Waals surface area contributed by atoms with Crippen LogP contribution in [0, 0.1) is 11.3 Å². The van der Waals surface area contributed by atoms with Crippen molar-refractivity contribution in [2.45, 2.75) is 231 Å². The third-order valence-corrected chi connectivity index (χ3v) is 15.7. The van der Waals surface area contributed by atoms with Crippen LogP contribution in [0.1, 0.15) is 176 Å². The van der Waals surface area contributed by atoms with Gasteiger partial charge in [0.05, 0.1) is 24.9 Å². The molecular formula is C59H99N9O17. The summed E-state index contributed by atoms with van der Waals surface area (Å²) in [5, 5.41) is 72.1. The quantitative estimate of drug-likeness (QED) is 0.0419. The maximum absolute atomic E-state index is 13.1. The lowest BCUT2D eigenvalue weighted by Gasteiger charge is -2.42. The zero-order chi connectivity index (χ0) is 62.5. The highest BCUT2D eigenvalue weighted by atomic mass is 16.7. The second-order valence-corrected chi connectivity index (χ2v) is 23.8. The topological polar surface area (TPSA) is 379 Å². The van der Waals surface area contributed by atoms with E-state index in [0.717, 1.165) is 0 Å². The highest BCUT2D eigenvalue weighted by Gasteiger charge is 2.46. The average molecular weight is 1210 g/mol. The van der Waals surface area contributed by atoms with E-state index < -0.39 is 78.8 Å². The Balaban J connectivity index is 1.15. The average Bonchev–Trinajstić information content (AvgIpc) is 3.07. The molecule has 1 aromatic rings. The Morgan fingerprint density at radius 1 is 0.541 bits per heavy atom. The van der Waals surface area contributed by atoms with Crippen LogP contribution in [0.5, 0.6) is 0 Å². The van der Waals surface area contributed by atoms with Crippen LogP contribution in [0.4, 0.5) is 17.8 Å². The van der Waals surface area contributed by atoms with Crippen molar-refractivity contribution in [1.29, 1.82) is 0 Å². The van der Waals surface area contributed by atoms with E-state index in [9.17, 15) is 69.0 Å². The van der Waals surface area contributed by atoms with Gasteiger partial charge in [-0.1, -0.05) is 33.6 Å². The van der Waals surface area contributed by atoms with Crippen LogP contribution < -0.4 is 26.2 Å². The maximum atomic E-state index is 13.1. The normalized spacial score (nSPS) is 23.5. The molecule has 2 aliphatic heterocycles. The Morgan fingerprint density at radius 3 is 1.49 bits per heavy atom. The molecule has 26 heteroatoms. The zero-order valence-corrected chi connectivity index (χ0v) is 50.8. The zero-order valence-electron chi connectivity index (χ0n) is 50.8. The summed E-state index contributed by atoms with van der Waals surface area (Å²) in [6.07, 6.45) is 2.10. The molecule has 0 spiro atoms. The van der Waals surface area contributed by atoms with Crippen molar-refractivity contribution in [3.05, 3.63) is 0 Å². The van der Waals surface area contributed by atoms with E-state index in [-0.39, 0.29) is 111 Å². The minimum atomic E-state index is -1.41. The molecule has 3 amide bonds. The molecule has 85 heavy (non-hydrogen) atoms. The number of aromatic nitrogens is 3. The summed E-state index contributed by atoms with van der Waals surface area (Å²) >= 11 is 0. The minimum absolute atomic E-state index is 0.0140. The Kier molecular flexibility index (Phi) is 32.5. The van der Waals surface area contributed by atoms with Crippen LogP contribution in [0.3, 0.4) is 0 Å². The number of amides is 3. The molecule has 26 nitrogen and oxygen atoms in total. The number of aliphatic hydroxyl groups is 6. The van der Waals surface area contributed by atoms with Crippen LogP contribution in [0.25, 0.3) is 0 Å². The molecule has 1 saturated carbocycles. The van der Waals surface area contributed by atoms with E-state index in [1.165, 1.54) is 13.8 Å². The number of piperazine rings is 1. The van der Waals surface area contributed by atoms with Crippen molar-refractivity contribution in [1.82, 2.24) is 30.5 Å². The lowest BCUT2D eigenvalue weighted by atomic mass is 9.79. The first-order valence-electron chi connectivity index (χ1n) is 30.7. The number of rotatable bonds is 41. The van der Waals surface area contributed by atoms with E-state index in [4.69, 9.17) is 14.2 Å². The van der Waals surface area contributed by atoms with Gasteiger partial charge in [-0.05, 0) is 64.2 Å². The fraction of sp³-hybridized carbons (Fsp3) is 0.814. The van der Waals surface area contributed by atoms with Crippen LogP contribution >= 0.6 is 0 Å². The number of nitrogens with one attached hydrogen (secondary N) is 4. The van der Waals surface area contributed by atoms with Gasteiger partial charge in [0.25, 0.3) is 0 Å². The number of hydrogen-bond donors (Lipinski definition) is 10. The molecule has 482 valence electrons. The lowest BCUT2D eigenvalue weighted by Crippen LogP contribution is -2.64. The summed E-state index contributed by atoms with van der Waals surface area (Å²) < 4.78 is 17.2. The smallest absolute Gasteiger partial charge is 0.232 e. The van der Waals surface area contributed by atoms with E-state index >= 15 is 0 Å². The van der Waals surface area contributed by atoms with Gasteiger partial charge in [0, 0.05) is 148 Å². The summed E-state index contributed by atoms with van der Waals surface area (Å²) in [4.78, 5) is 117. The number of hydrogen-bond acceptors (Lipinski definition) is 23. The number of ketones is 5. The maximum Gasteiger partial charge on any atom is 0.232 e. The van der Waals surface area contributed by atoms with Gasteiger partial charge in [-0.15, -0.1) is 0 Å². The van der Waals surface area contributed by atoms with Crippen molar-refractivity contribution in [3.8, 4) is 0 Å². The van der Waals surface area contributed by atoms with Gasteiger partial charge in [0.2, 0.25) is 35.6 Å². The molecule has 0 bridgehead atoms. The molecule has 1 aromatic heterocycles. The number of carbonyl (C=O) groups excluding carboxylic acids is 8. The van der Waals surface area contributed by atoms with Crippen molar-refractivity contribution >= 4 is 64.5 Å². The fourth-order valence-corrected chi connectivity index (χ4v) is 10.5. The molecule has 4 rings (SSSR count). The summed E-state index contributed by atoms with van der Waals surface area (Å²) in [6, 6.07) is -1.85. The summed E-state index contributed by atoms with van der Waals surface area (Å²) in [5.74, 6) is -0.180. The summed E-state index contributed by atoms with van der Waals surface area (Å²) in [5.41, 5.74) is -0.455. The predicted molar refractivity (Wildman–Crippen MR) is 313 cm³/mol. The molecule has 0 aromatic carbocycles. The third kappa shape index (κ3) is 26.4. The minimum Gasteiger partial charge on any atom is -0.396 e. The van der Waals surface area contributed by atoms with Gasteiger partial charge >= 0.3 is 0 Å². The summed E-state index contributed by atoms with van der Waals surface area (Å²) in [6.45, 7) is 10.0. The number of aliphatic hydroxyl groups excluding tert-OH is 6. The third-order valence-electron chi connectivity index (χ3n) is 15.7. The van der Waals surface area contributed by atoms with Crippen LogP contribution in [-0.4, -0.2) is 218 Å². The number of Topliss-reactive ketones (excluding diaryl/α,β-unsaturated/α-hetero) is 5. The Bertz CT molecular complexity index is 2150. The summed E-state index contributed by atoms with van der Waals surface area (Å²) in [7, 11) is 0. The Morgan fingerprint density at radius 2 is 1.01 bits per heavy atom. The number of nitrogens with zero attached hydrogens (tertiary/aromatic N) is 5. The van der Waals surface area contributed by atoms with Gasteiger partial charge in [0.15, 0.2) is 6.29 Å². The Hall–Kier alpha value is -5.19. The second kappa shape index (κ2) is 38.2. The molecule has 3 fully saturated rings. The Labute approximate surface area is 500 Å². The first-order chi connectivity index (χ1) is 40.5. The van der Waals surface area contributed by atoms with Gasteiger partial charge < -0.3 is 75.9 Å². The van der Waals surface area contributed by atoms with Crippen molar-refractivity contribution in [3.63, 3.8) is 0 Å². The van der Waals surface area contributed by atoms with E-state index in [2.05, 4.69) is 36.2 Å². The van der Waals surface area contributed by atoms with Gasteiger partial charge in [0.1, 0.15) is 59.4 Å². The first-order valence-corrected chi connectivity index (χ1v) is 30.7. The van der Waals surface area contributed by atoms with Gasteiger partial charge in [-0.25, -0.2) is 0 Å². The molecule has 10 N–H and O–H groups in total. The lowest BCUT2D eigenvalue weighted by molar-refractivity contribution is -0.270. The predicted octanol–water partition coefficient (Wildman–Crippen LogP) is 2.01. The molecule has 10 unspecified atom stereocenters. The van der Waals surface area contributed by atoms with Crippen molar-refractivity contribution in [2.24, 2.45) is 11.3 Å².